The quantitative estimate of drug-likeness (QED) is 0.144. The lowest BCUT2D eigenvalue weighted by molar-refractivity contribution is 0.669. The Balaban J connectivity index is 0.917. The van der Waals surface area contributed by atoms with Gasteiger partial charge in [0.15, 0.2) is 0 Å². The number of nitrogens with zero attached hydrogens (tertiary/aromatic N) is 1. The van der Waals surface area contributed by atoms with Crippen molar-refractivity contribution in [2.24, 2.45) is 0 Å². The van der Waals surface area contributed by atoms with Crippen molar-refractivity contribution in [1.82, 2.24) is 0 Å². The highest BCUT2D eigenvalue weighted by Gasteiger charge is 2.46. The molecular formula is C67H45NO. The third-order valence-electron chi connectivity index (χ3n) is 14.2. The number of furan rings is 1. The van der Waals surface area contributed by atoms with Crippen molar-refractivity contribution >= 4 is 39.0 Å². The van der Waals surface area contributed by atoms with Gasteiger partial charge in [0.2, 0.25) is 0 Å². The Morgan fingerprint density at radius 2 is 0.739 bits per heavy atom. The molecule has 0 bridgehead atoms. The summed E-state index contributed by atoms with van der Waals surface area (Å²) in [7, 11) is 0. The fraction of sp³-hybridized carbons (Fsp3) is 0.0149. The Labute approximate surface area is 402 Å². The molecule has 324 valence electrons. The first-order valence-electron chi connectivity index (χ1n) is 23.7. The molecular weight excluding hydrogens is 835 g/mol. The molecule has 0 atom stereocenters. The molecule has 0 amide bonds. The second kappa shape index (κ2) is 16.7. The van der Waals surface area contributed by atoms with Gasteiger partial charge in [-0.05, 0) is 132 Å². The number of fused-ring (bicyclic) bond motifs is 6. The molecule has 0 fully saturated rings. The molecule has 1 heterocycles. The maximum absolute atomic E-state index is 6.17. The van der Waals surface area contributed by atoms with E-state index >= 15 is 0 Å². The summed E-state index contributed by atoms with van der Waals surface area (Å²) in [4.78, 5) is 2.38. The SMILES string of the molecule is c1ccc(-c2ccc(-c3cccc(N(c4ccc(-c5ccc6oc7ccccc7c6c5)cc4)c4ccc(-c5cccc6c5-c5ccccc5C6(c5ccccc5)c5ccccc5)cc4)c3)cc2)cc1. The van der Waals surface area contributed by atoms with Crippen molar-refractivity contribution in [3.63, 3.8) is 0 Å². The molecule has 0 N–H and O–H groups in total. The lowest BCUT2D eigenvalue weighted by atomic mass is 9.67. The molecule has 1 aliphatic rings. The van der Waals surface area contributed by atoms with Crippen LogP contribution in [0.2, 0.25) is 0 Å². The van der Waals surface area contributed by atoms with Crippen LogP contribution >= 0.6 is 0 Å². The molecule has 12 aromatic rings. The summed E-state index contributed by atoms with van der Waals surface area (Å²) in [6.07, 6.45) is 0. The highest BCUT2D eigenvalue weighted by molar-refractivity contribution is 6.06. The summed E-state index contributed by atoms with van der Waals surface area (Å²) in [5, 5.41) is 2.26. The van der Waals surface area contributed by atoms with Crippen molar-refractivity contribution < 1.29 is 4.42 Å². The number of hydrogen-bond donors (Lipinski definition) is 0. The largest absolute Gasteiger partial charge is 0.456 e. The zero-order valence-corrected chi connectivity index (χ0v) is 37.8. The van der Waals surface area contributed by atoms with Gasteiger partial charge in [-0.3, -0.25) is 0 Å². The van der Waals surface area contributed by atoms with Gasteiger partial charge in [-0.1, -0.05) is 218 Å². The molecule has 11 aromatic carbocycles. The minimum absolute atomic E-state index is 0.460. The zero-order valence-electron chi connectivity index (χ0n) is 37.8. The van der Waals surface area contributed by atoms with Crippen molar-refractivity contribution in [2.75, 3.05) is 4.90 Å². The summed E-state index contributed by atoms with van der Waals surface area (Å²) in [6, 6.07) is 99.2. The zero-order chi connectivity index (χ0) is 45.7. The van der Waals surface area contributed by atoms with Crippen LogP contribution in [-0.4, -0.2) is 0 Å². The third kappa shape index (κ3) is 6.80. The van der Waals surface area contributed by atoms with Gasteiger partial charge in [0.1, 0.15) is 11.2 Å². The first kappa shape index (κ1) is 40.3. The number of rotatable bonds is 9. The molecule has 1 aliphatic carbocycles. The molecule has 0 radical (unpaired) electrons. The van der Waals surface area contributed by atoms with E-state index in [2.05, 4.69) is 266 Å². The summed E-state index contributed by atoms with van der Waals surface area (Å²) in [5.41, 5.74) is 21.7. The van der Waals surface area contributed by atoms with Crippen molar-refractivity contribution in [1.29, 1.82) is 0 Å². The molecule has 2 nitrogen and oxygen atoms in total. The second-order valence-electron chi connectivity index (χ2n) is 18.0. The monoisotopic (exact) mass is 879 g/mol. The van der Waals surface area contributed by atoms with Crippen LogP contribution in [0.4, 0.5) is 17.1 Å². The van der Waals surface area contributed by atoms with E-state index in [-0.39, 0.29) is 0 Å². The number of anilines is 3. The molecule has 69 heavy (non-hydrogen) atoms. The number of hydrogen-bond acceptors (Lipinski definition) is 2. The fourth-order valence-electron chi connectivity index (χ4n) is 11.0. The van der Waals surface area contributed by atoms with Gasteiger partial charge in [0.25, 0.3) is 0 Å². The molecule has 0 saturated heterocycles. The van der Waals surface area contributed by atoms with Crippen molar-refractivity contribution in [3.8, 4) is 55.6 Å². The van der Waals surface area contributed by atoms with Crippen LogP contribution in [0.1, 0.15) is 22.3 Å². The Hall–Kier alpha value is -8.98. The number of para-hydroxylation sites is 1. The van der Waals surface area contributed by atoms with E-state index in [4.69, 9.17) is 4.42 Å². The van der Waals surface area contributed by atoms with E-state index in [1.165, 1.54) is 61.2 Å². The first-order chi connectivity index (χ1) is 34.2. The molecule has 0 unspecified atom stereocenters. The van der Waals surface area contributed by atoms with Gasteiger partial charge in [0.05, 0.1) is 5.41 Å². The van der Waals surface area contributed by atoms with Gasteiger partial charge in [-0.25, -0.2) is 0 Å². The van der Waals surface area contributed by atoms with E-state index in [0.29, 0.717) is 0 Å². The van der Waals surface area contributed by atoms with Gasteiger partial charge in [0, 0.05) is 27.8 Å². The Morgan fingerprint density at radius 3 is 1.43 bits per heavy atom. The molecule has 13 rings (SSSR count). The van der Waals surface area contributed by atoms with Crippen LogP contribution in [0.25, 0.3) is 77.6 Å². The topological polar surface area (TPSA) is 16.4 Å². The standard InChI is InChI=1S/C67H45NO/c1-4-16-46(17-5-1)47-30-32-48(33-31-47)51-18-14-23-57(44-51)68(55-39-34-49(35-40-55)52-38-43-65-61(45-52)59-24-11-13-29-64(59)69-65)56-41-36-50(37-42-56)58-26-15-28-63-66(58)60-25-10-12-27-62(60)67(63,53-19-6-2-7-20-53)54-21-8-3-9-22-54/h1-45H. The lowest BCUT2D eigenvalue weighted by Gasteiger charge is -2.34. The smallest absolute Gasteiger partial charge is 0.135 e. The summed E-state index contributed by atoms with van der Waals surface area (Å²) in [6.45, 7) is 0. The third-order valence-corrected chi connectivity index (χ3v) is 14.2. The minimum atomic E-state index is -0.460. The average Bonchev–Trinajstić information content (AvgIpc) is 3.96. The maximum Gasteiger partial charge on any atom is 0.135 e. The van der Waals surface area contributed by atoms with E-state index in [9.17, 15) is 0 Å². The van der Waals surface area contributed by atoms with E-state index in [1.807, 2.05) is 12.1 Å². The van der Waals surface area contributed by atoms with Gasteiger partial charge in [-0.2, -0.15) is 0 Å². The highest BCUT2D eigenvalue weighted by Crippen LogP contribution is 2.58. The van der Waals surface area contributed by atoms with E-state index in [0.717, 1.165) is 55.7 Å². The molecule has 0 aliphatic heterocycles. The van der Waals surface area contributed by atoms with Crippen LogP contribution in [-0.2, 0) is 5.41 Å². The van der Waals surface area contributed by atoms with Crippen LogP contribution in [0.15, 0.2) is 277 Å². The lowest BCUT2D eigenvalue weighted by Crippen LogP contribution is -2.28. The predicted molar refractivity (Wildman–Crippen MR) is 287 cm³/mol. The maximum atomic E-state index is 6.17. The van der Waals surface area contributed by atoms with Crippen LogP contribution in [0.5, 0.6) is 0 Å². The van der Waals surface area contributed by atoms with E-state index in [1.54, 1.807) is 0 Å². The molecule has 0 spiro atoms. The minimum Gasteiger partial charge on any atom is -0.456 e. The van der Waals surface area contributed by atoms with Crippen LogP contribution in [0, 0.1) is 0 Å². The van der Waals surface area contributed by atoms with Gasteiger partial charge < -0.3 is 9.32 Å². The van der Waals surface area contributed by atoms with Gasteiger partial charge >= 0.3 is 0 Å². The Bertz CT molecular complexity index is 3760. The summed E-state index contributed by atoms with van der Waals surface area (Å²) < 4.78 is 6.17. The van der Waals surface area contributed by atoms with Gasteiger partial charge in [-0.15, -0.1) is 0 Å². The normalized spacial score (nSPS) is 12.5. The average molecular weight is 880 g/mol. The second-order valence-corrected chi connectivity index (χ2v) is 18.0. The fourth-order valence-corrected chi connectivity index (χ4v) is 11.0. The Kier molecular flexibility index (Phi) is 9.77. The summed E-state index contributed by atoms with van der Waals surface area (Å²) >= 11 is 0. The molecule has 2 heteroatoms. The Morgan fingerprint density at radius 1 is 0.275 bits per heavy atom. The first-order valence-corrected chi connectivity index (χ1v) is 23.7. The predicted octanol–water partition coefficient (Wildman–Crippen LogP) is 18.1. The number of benzene rings is 11. The van der Waals surface area contributed by atoms with E-state index < -0.39 is 5.41 Å². The van der Waals surface area contributed by atoms with Crippen LogP contribution < -0.4 is 4.90 Å². The molecule has 1 aromatic heterocycles. The van der Waals surface area contributed by atoms with Crippen molar-refractivity contribution in [2.45, 2.75) is 5.41 Å². The highest BCUT2D eigenvalue weighted by atomic mass is 16.3. The molecule has 0 saturated carbocycles. The van der Waals surface area contributed by atoms with Crippen molar-refractivity contribution in [3.05, 3.63) is 295 Å². The summed E-state index contributed by atoms with van der Waals surface area (Å²) in [5.74, 6) is 0. The van der Waals surface area contributed by atoms with Crippen LogP contribution in [0.3, 0.4) is 0 Å².